The molecule has 2 aromatic carbocycles. The summed E-state index contributed by atoms with van der Waals surface area (Å²) in [6.07, 6.45) is -0.540. The first-order valence-corrected chi connectivity index (χ1v) is 11.7. The summed E-state index contributed by atoms with van der Waals surface area (Å²) in [5, 5.41) is 5.32. The van der Waals surface area contributed by atoms with Crippen LogP contribution in [0.15, 0.2) is 47.4 Å². The smallest absolute Gasteiger partial charge is 0.309 e. The zero-order valence-corrected chi connectivity index (χ0v) is 18.9. The third-order valence-electron chi connectivity index (χ3n) is 4.93. The van der Waals surface area contributed by atoms with E-state index in [1.807, 2.05) is 0 Å². The molecular weight excluding hydrogens is 461 g/mol. The van der Waals surface area contributed by atoms with Crippen LogP contribution in [-0.2, 0) is 30.9 Å². The zero-order chi connectivity index (χ0) is 23.3. The molecule has 0 saturated carbocycles. The van der Waals surface area contributed by atoms with Crippen molar-refractivity contribution >= 4 is 33.4 Å². The van der Waals surface area contributed by atoms with Crippen molar-refractivity contribution in [3.8, 4) is 0 Å². The van der Waals surface area contributed by atoms with Crippen molar-refractivity contribution in [2.24, 2.45) is 0 Å². The number of halogens is 2. The van der Waals surface area contributed by atoms with Gasteiger partial charge in [0, 0.05) is 18.1 Å². The molecule has 1 aliphatic heterocycles. The maximum Gasteiger partial charge on any atom is 0.309 e. The second-order valence-electron chi connectivity index (χ2n) is 7.19. The Balaban J connectivity index is 1.62. The standard InChI is InChI=1S/C21H23ClFN3O5S/c1-14-11-16(7-8-18(14)23)32(29,30)26-9-4-10-31-19(26)13-25-21(28)20(27)24-12-15-5-2-3-6-17(15)22/h2-3,5-8,11,19H,4,9-10,12-13H2,1H3,(H,24,27)(H,25,28). The zero-order valence-electron chi connectivity index (χ0n) is 17.3. The predicted molar refractivity (Wildman–Crippen MR) is 116 cm³/mol. The molecule has 0 bridgehead atoms. The second kappa shape index (κ2) is 10.4. The highest BCUT2D eigenvalue weighted by molar-refractivity contribution is 7.89. The van der Waals surface area contributed by atoms with Crippen molar-refractivity contribution in [3.63, 3.8) is 0 Å². The van der Waals surface area contributed by atoms with Gasteiger partial charge in [-0.3, -0.25) is 9.59 Å². The van der Waals surface area contributed by atoms with Crippen molar-refractivity contribution in [1.82, 2.24) is 14.9 Å². The lowest BCUT2D eigenvalue weighted by Gasteiger charge is -2.34. The van der Waals surface area contributed by atoms with Gasteiger partial charge >= 0.3 is 11.8 Å². The van der Waals surface area contributed by atoms with Gasteiger partial charge in [0.15, 0.2) is 0 Å². The number of sulfonamides is 1. The predicted octanol–water partition coefficient (Wildman–Crippen LogP) is 1.96. The molecule has 0 aromatic heterocycles. The number of aryl methyl sites for hydroxylation is 1. The number of nitrogens with zero attached hydrogens (tertiary/aromatic N) is 1. The minimum atomic E-state index is -3.99. The van der Waals surface area contributed by atoms with Crippen LogP contribution in [0.1, 0.15) is 17.5 Å². The Hall–Kier alpha value is -2.53. The summed E-state index contributed by atoms with van der Waals surface area (Å²) in [4.78, 5) is 24.2. The van der Waals surface area contributed by atoms with Gasteiger partial charge in [-0.05, 0) is 48.7 Å². The summed E-state index contributed by atoms with van der Waals surface area (Å²) in [6, 6.07) is 10.4. The number of hydrogen-bond acceptors (Lipinski definition) is 5. The van der Waals surface area contributed by atoms with Crippen molar-refractivity contribution in [1.29, 1.82) is 0 Å². The van der Waals surface area contributed by atoms with Gasteiger partial charge in [-0.1, -0.05) is 29.8 Å². The molecule has 32 heavy (non-hydrogen) atoms. The van der Waals surface area contributed by atoms with E-state index in [9.17, 15) is 22.4 Å². The number of carbonyl (C=O) groups excluding carboxylic acids is 2. The lowest BCUT2D eigenvalue weighted by Crippen LogP contribution is -2.53. The second-order valence-corrected chi connectivity index (χ2v) is 9.49. The summed E-state index contributed by atoms with van der Waals surface area (Å²) in [5.41, 5.74) is 0.849. The monoisotopic (exact) mass is 483 g/mol. The minimum Gasteiger partial charge on any atom is -0.360 e. The van der Waals surface area contributed by atoms with Crippen LogP contribution in [-0.4, -0.2) is 50.5 Å². The Morgan fingerprint density at radius 3 is 2.62 bits per heavy atom. The first-order valence-electron chi connectivity index (χ1n) is 9.89. The number of benzene rings is 2. The first-order chi connectivity index (χ1) is 15.2. The molecule has 11 heteroatoms. The number of hydrogen-bond donors (Lipinski definition) is 2. The number of nitrogens with one attached hydrogen (secondary N) is 2. The van der Waals surface area contributed by atoms with Crippen LogP contribution in [0, 0.1) is 12.7 Å². The quantitative estimate of drug-likeness (QED) is 0.611. The summed E-state index contributed by atoms with van der Waals surface area (Å²) in [7, 11) is -3.99. The topological polar surface area (TPSA) is 105 Å². The molecule has 1 heterocycles. The van der Waals surface area contributed by atoms with E-state index >= 15 is 0 Å². The van der Waals surface area contributed by atoms with E-state index in [1.165, 1.54) is 19.1 Å². The average Bonchev–Trinajstić information content (AvgIpc) is 2.78. The molecule has 8 nitrogen and oxygen atoms in total. The molecule has 1 fully saturated rings. The fourth-order valence-electron chi connectivity index (χ4n) is 3.17. The number of rotatable bonds is 6. The maximum absolute atomic E-state index is 13.6. The van der Waals surface area contributed by atoms with E-state index in [0.717, 1.165) is 10.4 Å². The SMILES string of the molecule is Cc1cc(S(=O)(=O)N2CCCOC2CNC(=O)C(=O)NCc2ccccc2Cl)ccc1F. The number of carbonyl (C=O) groups is 2. The van der Waals surface area contributed by atoms with Crippen molar-refractivity contribution in [2.45, 2.75) is 31.0 Å². The molecule has 2 aromatic rings. The summed E-state index contributed by atoms with van der Waals surface area (Å²) >= 11 is 6.03. The van der Waals surface area contributed by atoms with Gasteiger partial charge in [0.05, 0.1) is 18.0 Å². The maximum atomic E-state index is 13.6. The molecule has 0 spiro atoms. The molecule has 1 atom stereocenters. The van der Waals surface area contributed by atoms with Crippen molar-refractivity contribution in [3.05, 3.63) is 64.4 Å². The van der Waals surface area contributed by atoms with E-state index in [-0.39, 0.29) is 30.1 Å². The highest BCUT2D eigenvalue weighted by atomic mass is 35.5. The molecule has 0 radical (unpaired) electrons. The molecular formula is C21H23ClFN3O5S. The van der Waals surface area contributed by atoms with E-state index in [2.05, 4.69) is 10.6 Å². The molecule has 3 rings (SSSR count). The largest absolute Gasteiger partial charge is 0.360 e. The van der Waals surface area contributed by atoms with Crippen LogP contribution in [0.5, 0.6) is 0 Å². The Morgan fingerprint density at radius 1 is 1.19 bits per heavy atom. The third-order valence-corrected chi connectivity index (χ3v) is 7.18. The Labute approximate surface area is 190 Å². The fourth-order valence-corrected chi connectivity index (χ4v) is 5.03. The van der Waals surface area contributed by atoms with E-state index in [1.54, 1.807) is 24.3 Å². The summed E-state index contributed by atoms with van der Waals surface area (Å²) in [6.45, 7) is 1.78. The van der Waals surface area contributed by atoms with Gasteiger partial charge < -0.3 is 15.4 Å². The number of ether oxygens (including phenoxy) is 1. The van der Waals surface area contributed by atoms with Gasteiger partial charge in [0.2, 0.25) is 10.0 Å². The minimum absolute atomic E-state index is 0.0658. The lowest BCUT2D eigenvalue weighted by atomic mass is 10.2. The first kappa shape index (κ1) is 24.1. The normalized spacial score (nSPS) is 17.0. The highest BCUT2D eigenvalue weighted by Crippen LogP contribution is 2.23. The van der Waals surface area contributed by atoms with Crippen molar-refractivity contribution in [2.75, 3.05) is 19.7 Å². The van der Waals surface area contributed by atoms with Crippen LogP contribution < -0.4 is 10.6 Å². The fraction of sp³-hybridized carbons (Fsp3) is 0.333. The molecule has 2 amide bonds. The van der Waals surface area contributed by atoms with Crippen LogP contribution >= 0.6 is 11.6 Å². The van der Waals surface area contributed by atoms with Crippen LogP contribution in [0.2, 0.25) is 5.02 Å². The lowest BCUT2D eigenvalue weighted by molar-refractivity contribution is -0.140. The highest BCUT2D eigenvalue weighted by Gasteiger charge is 2.35. The van der Waals surface area contributed by atoms with Crippen LogP contribution in [0.4, 0.5) is 4.39 Å². The summed E-state index contributed by atoms with van der Waals surface area (Å²) < 4.78 is 46.3. The number of amides is 2. The van der Waals surface area contributed by atoms with Gasteiger partial charge in [0.25, 0.3) is 0 Å². The van der Waals surface area contributed by atoms with Crippen molar-refractivity contribution < 1.29 is 27.1 Å². The van der Waals surface area contributed by atoms with E-state index < -0.39 is 33.9 Å². The van der Waals surface area contributed by atoms with Gasteiger partial charge in [0.1, 0.15) is 12.0 Å². The molecule has 1 unspecified atom stereocenters. The molecule has 1 saturated heterocycles. The Morgan fingerprint density at radius 2 is 1.91 bits per heavy atom. The van der Waals surface area contributed by atoms with Crippen LogP contribution in [0.25, 0.3) is 0 Å². The Kier molecular flexibility index (Phi) is 7.83. The average molecular weight is 484 g/mol. The Bertz CT molecular complexity index is 1110. The van der Waals surface area contributed by atoms with Crippen LogP contribution in [0.3, 0.4) is 0 Å². The summed E-state index contributed by atoms with van der Waals surface area (Å²) in [5.74, 6) is -2.32. The van der Waals surface area contributed by atoms with Gasteiger partial charge in [-0.25, -0.2) is 12.8 Å². The van der Waals surface area contributed by atoms with E-state index in [0.29, 0.717) is 23.6 Å². The van der Waals surface area contributed by atoms with E-state index in [4.69, 9.17) is 16.3 Å². The molecule has 2 N–H and O–H groups in total. The third kappa shape index (κ3) is 5.63. The molecule has 0 aliphatic carbocycles. The molecule has 172 valence electrons. The van der Waals surface area contributed by atoms with Gasteiger partial charge in [-0.15, -0.1) is 0 Å². The van der Waals surface area contributed by atoms with Gasteiger partial charge in [-0.2, -0.15) is 4.31 Å². The molecule has 1 aliphatic rings.